The Morgan fingerprint density at radius 2 is 1.93 bits per heavy atom. The number of hydrogen-bond donors (Lipinski definition) is 2. The number of rotatable bonds is 1. The van der Waals surface area contributed by atoms with Crippen molar-refractivity contribution in [1.82, 2.24) is 14.8 Å². The molecule has 0 amide bonds. The number of halogens is 2. The van der Waals surface area contributed by atoms with E-state index in [0.717, 1.165) is 16.8 Å². The van der Waals surface area contributed by atoms with Gasteiger partial charge in [0.15, 0.2) is 5.82 Å². The van der Waals surface area contributed by atoms with E-state index in [-0.39, 0.29) is 17.6 Å². The van der Waals surface area contributed by atoms with Crippen LogP contribution in [0.4, 0.5) is 20.7 Å². The summed E-state index contributed by atoms with van der Waals surface area (Å²) in [6.07, 6.45) is 0. The van der Waals surface area contributed by atoms with Crippen LogP contribution in [0.2, 0.25) is 0 Å². The van der Waals surface area contributed by atoms with Crippen molar-refractivity contribution < 1.29 is 8.78 Å². The Labute approximate surface area is 83.3 Å². The molecule has 1 aromatic carbocycles. The highest BCUT2D eigenvalue weighted by Crippen LogP contribution is 2.16. The van der Waals surface area contributed by atoms with E-state index in [2.05, 4.69) is 10.1 Å². The first-order valence-corrected chi connectivity index (χ1v) is 4.01. The van der Waals surface area contributed by atoms with Crippen LogP contribution in [-0.2, 0) is 0 Å². The molecule has 2 aromatic rings. The van der Waals surface area contributed by atoms with Crippen LogP contribution in [0.1, 0.15) is 0 Å². The molecule has 78 valence electrons. The van der Waals surface area contributed by atoms with E-state index >= 15 is 0 Å². The maximum absolute atomic E-state index is 13.3. The molecule has 15 heavy (non-hydrogen) atoms. The number of aromatic nitrogens is 3. The lowest BCUT2D eigenvalue weighted by molar-refractivity contribution is 0.574. The second kappa shape index (κ2) is 3.19. The Bertz CT molecular complexity index is 508. The van der Waals surface area contributed by atoms with E-state index in [1.54, 1.807) is 0 Å². The van der Waals surface area contributed by atoms with Gasteiger partial charge in [0.2, 0.25) is 11.9 Å². The third kappa shape index (κ3) is 1.58. The first-order valence-electron chi connectivity index (χ1n) is 4.01. The van der Waals surface area contributed by atoms with Gasteiger partial charge in [-0.1, -0.05) is 0 Å². The summed E-state index contributed by atoms with van der Waals surface area (Å²) in [5.74, 6) is -1.59. The molecule has 0 aliphatic heterocycles. The van der Waals surface area contributed by atoms with Crippen LogP contribution >= 0.6 is 0 Å². The summed E-state index contributed by atoms with van der Waals surface area (Å²) in [5, 5.41) is 3.67. The van der Waals surface area contributed by atoms with Gasteiger partial charge in [-0.25, -0.2) is 8.78 Å². The van der Waals surface area contributed by atoms with Gasteiger partial charge in [0.1, 0.15) is 11.5 Å². The summed E-state index contributed by atoms with van der Waals surface area (Å²) >= 11 is 0. The van der Waals surface area contributed by atoms with Crippen LogP contribution in [0.5, 0.6) is 0 Å². The lowest BCUT2D eigenvalue weighted by atomic mass is 10.3. The normalized spacial score (nSPS) is 10.5. The molecule has 0 fully saturated rings. The SMILES string of the molecule is Nc1nc(N)n(-c2ccc(F)cc2F)n1. The Hall–Kier alpha value is -2.18. The number of hydrogen-bond acceptors (Lipinski definition) is 4. The molecule has 0 aliphatic carbocycles. The fourth-order valence-electron chi connectivity index (χ4n) is 1.17. The Kier molecular flexibility index (Phi) is 2.00. The molecule has 0 spiro atoms. The van der Waals surface area contributed by atoms with Gasteiger partial charge in [-0.15, -0.1) is 5.10 Å². The Balaban J connectivity index is 2.59. The Morgan fingerprint density at radius 1 is 1.20 bits per heavy atom. The first kappa shape index (κ1) is 9.38. The summed E-state index contributed by atoms with van der Waals surface area (Å²) < 4.78 is 26.9. The van der Waals surface area contributed by atoms with Gasteiger partial charge in [-0.2, -0.15) is 9.67 Å². The van der Waals surface area contributed by atoms with Crippen molar-refractivity contribution in [3.05, 3.63) is 29.8 Å². The number of benzene rings is 1. The van der Waals surface area contributed by atoms with Crippen molar-refractivity contribution in [2.75, 3.05) is 11.5 Å². The zero-order chi connectivity index (χ0) is 11.0. The highest BCUT2D eigenvalue weighted by Gasteiger charge is 2.11. The van der Waals surface area contributed by atoms with Crippen LogP contribution in [0.3, 0.4) is 0 Å². The van der Waals surface area contributed by atoms with Crippen molar-refractivity contribution in [2.24, 2.45) is 0 Å². The zero-order valence-electron chi connectivity index (χ0n) is 7.48. The number of nitrogens with two attached hydrogens (primary N) is 2. The molecule has 0 saturated carbocycles. The van der Waals surface area contributed by atoms with Crippen molar-refractivity contribution in [1.29, 1.82) is 0 Å². The number of anilines is 2. The average molecular weight is 211 g/mol. The fraction of sp³-hybridized carbons (Fsp3) is 0. The summed E-state index contributed by atoms with van der Waals surface area (Å²) in [6, 6.07) is 3.03. The van der Waals surface area contributed by atoms with Gasteiger partial charge in [-0.05, 0) is 12.1 Å². The van der Waals surface area contributed by atoms with Gasteiger partial charge in [0.25, 0.3) is 0 Å². The van der Waals surface area contributed by atoms with Crippen LogP contribution in [0.15, 0.2) is 18.2 Å². The highest BCUT2D eigenvalue weighted by molar-refractivity contribution is 5.41. The molecule has 0 radical (unpaired) electrons. The molecule has 0 bridgehead atoms. The van der Waals surface area contributed by atoms with Crippen LogP contribution in [-0.4, -0.2) is 14.8 Å². The zero-order valence-corrected chi connectivity index (χ0v) is 7.48. The van der Waals surface area contributed by atoms with E-state index in [4.69, 9.17) is 11.5 Å². The van der Waals surface area contributed by atoms with Crippen LogP contribution in [0, 0.1) is 11.6 Å². The van der Waals surface area contributed by atoms with E-state index in [0.29, 0.717) is 0 Å². The van der Waals surface area contributed by atoms with Crippen LogP contribution < -0.4 is 11.5 Å². The molecule has 0 aliphatic rings. The van der Waals surface area contributed by atoms with Gasteiger partial charge in [0, 0.05) is 6.07 Å². The molecule has 1 heterocycles. The number of nitrogens with zero attached hydrogens (tertiary/aromatic N) is 3. The second-order valence-electron chi connectivity index (χ2n) is 2.84. The third-order valence-corrected chi connectivity index (χ3v) is 1.79. The minimum absolute atomic E-state index is 0.00176. The van der Waals surface area contributed by atoms with E-state index in [1.165, 1.54) is 6.07 Å². The van der Waals surface area contributed by atoms with E-state index < -0.39 is 11.6 Å². The monoisotopic (exact) mass is 211 g/mol. The second-order valence-corrected chi connectivity index (χ2v) is 2.84. The number of nitrogen functional groups attached to an aromatic ring is 2. The largest absolute Gasteiger partial charge is 0.368 e. The molecular weight excluding hydrogens is 204 g/mol. The van der Waals surface area contributed by atoms with Gasteiger partial charge in [0.05, 0.1) is 0 Å². The van der Waals surface area contributed by atoms with Gasteiger partial charge >= 0.3 is 0 Å². The molecular formula is C8H7F2N5. The lowest BCUT2D eigenvalue weighted by Gasteiger charge is -2.03. The molecule has 5 nitrogen and oxygen atoms in total. The standard InChI is InChI=1S/C8H7F2N5/c9-4-1-2-6(5(10)3-4)15-8(12)13-7(11)14-15/h1-3H,(H4,11,12,13,14). The minimum atomic E-state index is -0.786. The maximum Gasteiger partial charge on any atom is 0.241 e. The summed E-state index contributed by atoms with van der Waals surface area (Å²) in [5.41, 5.74) is 10.7. The lowest BCUT2D eigenvalue weighted by Crippen LogP contribution is -2.05. The smallest absolute Gasteiger partial charge is 0.241 e. The van der Waals surface area contributed by atoms with Crippen molar-refractivity contribution >= 4 is 11.9 Å². The predicted octanol–water partition coefficient (Wildman–Crippen LogP) is 0.710. The predicted molar refractivity (Wildman–Crippen MR) is 50.1 cm³/mol. The molecule has 2 rings (SSSR count). The van der Waals surface area contributed by atoms with Gasteiger partial charge < -0.3 is 11.5 Å². The average Bonchev–Trinajstić information content (AvgIpc) is 2.45. The third-order valence-electron chi connectivity index (χ3n) is 1.79. The minimum Gasteiger partial charge on any atom is -0.368 e. The molecule has 0 saturated heterocycles. The van der Waals surface area contributed by atoms with Crippen LogP contribution in [0.25, 0.3) is 5.69 Å². The molecule has 1 aromatic heterocycles. The van der Waals surface area contributed by atoms with Crippen molar-refractivity contribution in [3.63, 3.8) is 0 Å². The Morgan fingerprint density at radius 3 is 2.47 bits per heavy atom. The fourth-order valence-corrected chi connectivity index (χ4v) is 1.17. The summed E-state index contributed by atoms with van der Waals surface area (Å²) in [7, 11) is 0. The highest BCUT2D eigenvalue weighted by atomic mass is 19.1. The topological polar surface area (TPSA) is 82.7 Å². The van der Waals surface area contributed by atoms with Crippen molar-refractivity contribution in [2.45, 2.75) is 0 Å². The molecule has 7 heteroatoms. The summed E-state index contributed by atoms with van der Waals surface area (Å²) in [6.45, 7) is 0. The molecule has 0 unspecified atom stereocenters. The quantitative estimate of drug-likeness (QED) is 0.727. The summed E-state index contributed by atoms with van der Waals surface area (Å²) in [4.78, 5) is 3.60. The van der Waals surface area contributed by atoms with E-state index in [1.807, 2.05) is 0 Å². The first-order chi connectivity index (χ1) is 7.08. The molecule has 0 atom stereocenters. The molecule has 4 N–H and O–H groups in total. The van der Waals surface area contributed by atoms with Gasteiger partial charge in [-0.3, -0.25) is 0 Å². The maximum atomic E-state index is 13.3. The van der Waals surface area contributed by atoms with Crippen molar-refractivity contribution in [3.8, 4) is 5.69 Å². The van der Waals surface area contributed by atoms with E-state index in [9.17, 15) is 8.78 Å².